The molecule has 0 aliphatic carbocycles. The molecule has 1 unspecified atom stereocenters. The number of carbonyl (C=O) groups excluding carboxylic acids is 1. The fourth-order valence-corrected chi connectivity index (χ4v) is 6.39. The van der Waals surface area contributed by atoms with Gasteiger partial charge in [-0.2, -0.15) is 4.31 Å². The van der Waals surface area contributed by atoms with Crippen molar-refractivity contribution in [3.05, 3.63) is 42.2 Å². The van der Waals surface area contributed by atoms with Gasteiger partial charge < -0.3 is 14.6 Å². The Kier molecular flexibility index (Phi) is 7.41. The molecule has 3 heterocycles. The number of aryl methyl sites for hydroxylation is 1. The second-order valence-corrected chi connectivity index (χ2v) is 10.7. The zero-order chi connectivity index (χ0) is 23.4. The van der Waals surface area contributed by atoms with Crippen molar-refractivity contribution in [2.45, 2.75) is 50.0 Å². The molecule has 2 aromatic rings. The lowest BCUT2D eigenvalue weighted by Gasteiger charge is -2.26. The van der Waals surface area contributed by atoms with Crippen molar-refractivity contribution in [3.63, 3.8) is 0 Å². The third-order valence-corrected chi connectivity index (χ3v) is 8.41. The highest BCUT2D eigenvalue weighted by molar-refractivity contribution is 7.89. The predicted molar refractivity (Wildman–Crippen MR) is 128 cm³/mol. The molecule has 2 fully saturated rings. The Morgan fingerprint density at radius 3 is 2.61 bits per heavy atom. The van der Waals surface area contributed by atoms with E-state index in [0.717, 1.165) is 38.6 Å². The average molecular weight is 475 g/mol. The summed E-state index contributed by atoms with van der Waals surface area (Å²) in [5.41, 5.74) is 1.60. The smallest absolute Gasteiger partial charge is 0.243 e. The highest BCUT2D eigenvalue weighted by Crippen LogP contribution is 2.33. The molecule has 0 bridgehead atoms. The van der Waals surface area contributed by atoms with Crippen molar-refractivity contribution in [1.29, 1.82) is 0 Å². The van der Waals surface area contributed by atoms with E-state index in [1.165, 1.54) is 16.1 Å². The molecule has 9 heteroatoms. The lowest BCUT2D eigenvalue weighted by Crippen LogP contribution is -2.35. The number of amides is 1. The van der Waals surface area contributed by atoms with Crippen LogP contribution in [0, 0.1) is 0 Å². The van der Waals surface area contributed by atoms with Crippen LogP contribution in [0.15, 0.2) is 41.4 Å². The molecule has 2 aliphatic heterocycles. The third kappa shape index (κ3) is 5.26. The molecule has 4 rings (SSSR count). The van der Waals surface area contributed by atoms with Gasteiger partial charge in [-0.25, -0.2) is 8.42 Å². The number of benzene rings is 1. The summed E-state index contributed by atoms with van der Waals surface area (Å²) in [7, 11) is -1.58. The zero-order valence-electron chi connectivity index (χ0n) is 19.5. The maximum Gasteiger partial charge on any atom is 0.243 e. The van der Waals surface area contributed by atoms with Crippen LogP contribution in [0.5, 0.6) is 5.75 Å². The van der Waals surface area contributed by atoms with Gasteiger partial charge in [0.2, 0.25) is 15.9 Å². The lowest BCUT2D eigenvalue weighted by molar-refractivity contribution is -0.117. The summed E-state index contributed by atoms with van der Waals surface area (Å²) in [4.78, 5) is 15.4. The van der Waals surface area contributed by atoms with Crippen molar-refractivity contribution >= 4 is 21.6 Å². The second-order valence-electron chi connectivity index (χ2n) is 8.78. The summed E-state index contributed by atoms with van der Waals surface area (Å²) >= 11 is 0. The van der Waals surface area contributed by atoms with Crippen molar-refractivity contribution < 1.29 is 17.9 Å². The number of hydrogen-bond acceptors (Lipinski definition) is 5. The van der Waals surface area contributed by atoms with Crippen LogP contribution in [0.1, 0.15) is 50.8 Å². The van der Waals surface area contributed by atoms with Gasteiger partial charge in [0.15, 0.2) is 0 Å². The first-order valence-corrected chi connectivity index (χ1v) is 13.3. The van der Waals surface area contributed by atoms with Gasteiger partial charge in [-0.05, 0) is 69.5 Å². The quantitative estimate of drug-likeness (QED) is 0.634. The monoisotopic (exact) mass is 474 g/mol. The van der Waals surface area contributed by atoms with Gasteiger partial charge in [0.05, 0.1) is 29.8 Å². The highest BCUT2D eigenvalue weighted by atomic mass is 32.2. The molecule has 0 spiro atoms. The predicted octanol–water partition coefficient (Wildman–Crippen LogP) is 3.37. The molecule has 2 saturated heterocycles. The van der Waals surface area contributed by atoms with Gasteiger partial charge in [-0.3, -0.25) is 9.69 Å². The Labute approximate surface area is 196 Å². The Morgan fingerprint density at radius 2 is 1.91 bits per heavy atom. The lowest BCUT2D eigenvalue weighted by atomic mass is 10.1. The number of anilines is 1. The summed E-state index contributed by atoms with van der Waals surface area (Å²) in [6.45, 7) is 4.44. The normalized spacial score (nSPS) is 20.1. The number of sulfonamides is 1. The van der Waals surface area contributed by atoms with Gasteiger partial charge in [-0.1, -0.05) is 6.42 Å². The maximum atomic E-state index is 13.1. The van der Waals surface area contributed by atoms with Crippen LogP contribution in [0.25, 0.3) is 0 Å². The van der Waals surface area contributed by atoms with Crippen molar-refractivity contribution in [3.8, 4) is 5.75 Å². The van der Waals surface area contributed by atoms with E-state index in [0.29, 0.717) is 31.1 Å². The number of nitrogens with zero attached hydrogens (tertiary/aromatic N) is 3. The molecule has 8 nitrogen and oxygen atoms in total. The van der Waals surface area contributed by atoms with Gasteiger partial charge in [-0.15, -0.1) is 0 Å². The van der Waals surface area contributed by atoms with Crippen LogP contribution < -0.4 is 10.1 Å². The van der Waals surface area contributed by atoms with Gasteiger partial charge >= 0.3 is 0 Å². The summed E-state index contributed by atoms with van der Waals surface area (Å²) < 4.78 is 35.6. The average Bonchev–Trinajstić information content (AvgIpc) is 3.43. The number of ether oxygens (including phenoxy) is 1. The van der Waals surface area contributed by atoms with E-state index in [-0.39, 0.29) is 23.4 Å². The molecule has 1 aromatic carbocycles. The van der Waals surface area contributed by atoms with E-state index in [4.69, 9.17) is 4.74 Å². The first-order chi connectivity index (χ1) is 15.9. The van der Waals surface area contributed by atoms with Crippen molar-refractivity contribution in [2.24, 2.45) is 7.05 Å². The summed E-state index contributed by atoms with van der Waals surface area (Å²) in [6.07, 6.45) is 6.87. The Bertz CT molecular complexity index is 1080. The Balaban J connectivity index is 1.51. The first-order valence-electron chi connectivity index (χ1n) is 11.8. The number of piperidine rings is 1. The molecular weight excluding hydrogens is 440 g/mol. The minimum atomic E-state index is -3.60. The number of rotatable bonds is 8. The second kappa shape index (κ2) is 10.3. The molecule has 2 aliphatic rings. The molecule has 33 heavy (non-hydrogen) atoms. The molecule has 1 N–H and O–H groups in total. The van der Waals surface area contributed by atoms with E-state index >= 15 is 0 Å². The third-order valence-electron chi connectivity index (χ3n) is 6.51. The zero-order valence-corrected chi connectivity index (χ0v) is 20.3. The molecule has 0 saturated carbocycles. The summed E-state index contributed by atoms with van der Waals surface area (Å²) in [5, 5.41) is 2.92. The van der Waals surface area contributed by atoms with E-state index < -0.39 is 10.0 Å². The van der Waals surface area contributed by atoms with E-state index in [1.807, 2.05) is 26.2 Å². The number of likely N-dealkylation sites (tertiary alicyclic amines) is 1. The number of hydrogen-bond donors (Lipinski definition) is 1. The number of aromatic nitrogens is 1. The van der Waals surface area contributed by atoms with E-state index in [1.54, 1.807) is 12.1 Å². The van der Waals surface area contributed by atoms with Crippen molar-refractivity contribution in [1.82, 2.24) is 13.8 Å². The Hall–Kier alpha value is -2.36. The van der Waals surface area contributed by atoms with Crippen LogP contribution in [-0.4, -0.2) is 60.9 Å². The number of carbonyl (C=O) groups is 1. The highest BCUT2D eigenvalue weighted by Gasteiger charge is 2.30. The molecule has 1 aromatic heterocycles. The molecule has 1 atom stereocenters. The summed E-state index contributed by atoms with van der Waals surface area (Å²) in [6, 6.07) is 9.06. The molecule has 0 radical (unpaired) electrons. The van der Waals surface area contributed by atoms with Gasteiger partial charge in [0.1, 0.15) is 5.75 Å². The van der Waals surface area contributed by atoms with Crippen molar-refractivity contribution in [2.75, 3.05) is 38.1 Å². The fraction of sp³-hybridized carbons (Fsp3) is 0.542. The number of nitrogens with one attached hydrogen (secondary N) is 1. The topological polar surface area (TPSA) is 83.9 Å². The van der Waals surface area contributed by atoms with Crippen LogP contribution in [0.4, 0.5) is 5.69 Å². The Morgan fingerprint density at radius 1 is 1.12 bits per heavy atom. The van der Waals surface area contributed by atoms with Crippen LogP contribution in [-0.2, 0) is 21.9 Å². The largest absolute Gasteiger partial charge is 0.492 e. The van der Waals surface area contributed by atoms with Crippen LogP contribution in [0.2, 0.25) is 0 Å². The minimum absolute atomic E-state index is 0.176. The maximum absolute atomic E-state index is 13.1. The van der Waals surface area contributed by atoms with Gasteiger partial charge in [0, 0.05) is 32.0 Å². The van der Waals surface area contributed by atoms with E-state index in [9.17, 15) is 13.2 Å². The fourth-order valence-electron chi connectivity index (χ4n) is 4.85. The SMILES string of the molecule is CCOc1ccc(S(=O)(=O)N2CCCCC2)cc1NC(=O)CN1CCCC1c1cccn1C. The minimum Gasteiger partial charge on any atom is -0.492 e. The summed E-state index contributed by atoms with van der Waals surface area (Å²) in [5.74, 6) is 0.299. The van der Waals surface area contributed by atoms with Gasteiger partial charge in [0.25, 0.3) is 0 Å². The van der Waals surface area contributed by atoms with Crippen LogP contribution in [0.3, 0.4) is 0 Å². The first kappa shape index (κ1) is 23.8. The molecule has 1 amide bonds. The molecule has 180 valence electrons. The molecular formula is C24H34N4O4S. The standard InChI is InChI=1S/C24H34N4O4S/c1-3-32-23-12-11-19(33(30,31)28-15-5-4-6-16-28)17-20(23)25-24(29)18-27-14-8-10-22(27)21-9-7-13-26(21)2/h7,9,11-13,17,22H,3-6,8,10,14-16,18H2,1-2H3,(H,25,29). The van der Waals surface area contributed by atoms with Crippen LogP contribution >= 0.6 is 0 Å². The van der Waals surface area contributed by atoms with E-state index in [2.05, 4.69) is 20.9 Å².